The molecule has 0 spiro atoms. The van der Waals surface area contributed by atoms with Crippen molar-refractivity contribution in [1.82, 2.24) is 9.78 Å². The molecule has 0 aliphatic heterocycles. The molecule has 1 aromatic heterocycles. The highest BCUT2D eigenvalue weighted by molar-refractivity contribution is 6.33. The van der Waals surface area contributed by atoms with E-state index in [1.807, 2.05) is 0 Å². The SMILES string of the molecule is N[C@@H]1CCCC[C@H]1Nc1c(Cl)cnn(CC2CCC2)c1=O. The van der Waals surface area contributed by atoms with E-state index in [0.29, 0.717) is 23.2 Å². The van der Waals surface area contributed by atoms with Gasteiger partial charge in [-0.3, -0.25) is 4.79 Å². The first kappa shape index (κ1) is 14.9. The summed E-state index contributed by atoms with van der Waals surface area (Å²) in [7, 11) is 0. The monoisotopic (exact) mass is 310 g/mol. The van der Waals surface area contributed by atoms with Crippen LogP contribution >= 0.6 is 11.6 Å². The van der Waals surface area contributed by atoms with E-state index in [-0.39, 0.29) is 17.6 Å². The zero-order valence-electron chi connectivity index (χ0n) is 12.2. The number of nitrogens with zero attached hydrogens (tertiary/aromatic N) is 2. The number of anilines is 1. The van der Waals surface area contributed by atoms with Crippen LogP contribution in [0, 0.1) is 5.92 Å². The van der Waals surface area contributed by atoms with E-state index in [2.05, 4.69) is 10.4 Å². The van der Waals surface area contributed by atoms with Gasteiger partial charge in [0.25, 0.3) is 5.56 Å². The van der Waals surface area contributed by atoms with Crippen LogP contribution in [0.3, 0.4) is 0 Å². The standard InChI is InChI=1S/C15H23ClN4O/c16-11-8-18-20(9-10-4-3-5-10)15(21)14(11)19-13-7-2-1-6-12(13)17/h8,10,12-13,19H,1-7,9,17H2/t12-,13-/m1/s1. The fraction of sp³-hybridized carbons (Fsp3) is 0.733. The molecule has 5 nitrogen and oxygen atoms in total. The fourth-order valence-corrected chi connectivity index (χ4v) is 3.35. The molecule has 3 rings (SSSR count). The van der Waals surface area contributed by atoms with Gasteiger partial charge in [-0.25, -0.2) is 4.68 Å². The third-order valence-electron chi connectivity index (χ3n) is 4.80. The maximum absolute atomic E-state index is 12.6. The van der Waals surface area contributed by atoms with Gasteiger partial charge in [0.15, 0.2) is 0 Å². The number of nitrogens with one attached hydrogen (secondary N) is 1. The minimum absolute atomic E-state index is 0.0856. The van der Waals surface area contributed by atoms with Gasteiger partial charge in [-0.15, -0.1) is 0 Å². The smallest absolute Gasteiger partial charge is 0.291 e. The van der Waals surface area contributed by atoms with Gasteiger partial charge in [-0.2, -0.15) is 5.10 Å². The summed E-state index contributed by atoms with van der Waals surface area (Å²) in [5.74, 6) is 0.584. The lowest BCUT2D eigenvalue weighted by Gasteiger charge is -2.30. The molecule has 2 fully saturated rings. The van der Waals surface area contributed by atoms with Crippen LogP contribution in [0.2, 0.25) is 5.02 Å². The lowest BCUT2D eigenvalue weighted by Crippen LogP contribution is -2.44. The van der Waals surface area contributed by atoms with Gasteiger partial charge in [0.1, 0.15) is 5.69 Å². The summed E-state index contributed by atoms with van der Waals surface area (Å²) in [4.78, 5) is 12.6. The number of aromatic nitrogens is 2. The van der Waals surface area contributed by atoms with Crippen molar-refractivity contribution in [3.05, 3.63) is 21.6 Å². The summed E-state index contributed by atoms with van der Waals surface area (Å²) in [6.07, 6.45) is 9.49. The number of rotatable bonds is 4. The minimum Gasteiger partial charge on any atom is -0.375 e. The topological polar surface area (TPSA) is 72.9 Å². The quantitative estimate of drug-likeness (QED) is 0.895. The molecule has 0 bridgehead atoms. The molecule has 1 aromatic rings. The summed E-state index contributed by atoms with van der Waals surface area (Å²) in [6, 6.07) is 0.214. The molecule has 21 heavy (non-hydrogen) atoms. The summed E-state index contributed by atoms with van der Waals surface area (Å²) < 4.78 is 1.55. The zero-order chi connectivity index (χ0) is 14.8. The highest BCUT2D eigenvalue weighted by Gasteiger charge is 2.25. The van der Waals surface area contributed by atoms with Crippen LogP contribution in [0.4, 0.5) is 5.69 Å². The Hall–Kier alpha value is -1.07. The third-order valence-corrected chi connectivity index (χ3v) is 5.09. The van der Waals surface area contributed by atoms with E-state index < -0.39 is 0 Å². The second-order valence-electron chi connectivity index (χ2n) is 6.35. The summed E-state index contributed by atoms with van der Waals surface area (Å²) in [6.45, 7) is 0.696. The van der Waals surface area contributed by atoms with Crippen molar-refractivity contribution in [1.29, 1.82) is 0 Å². The Morgan fingerprint density at radius 2 is 2.05 bits per heavy atom. The van der Waals surface area contributed by atoms with E-state index in [1.165, 1.54) is 19.3 Å². The molecule has 0 aromatic carbocycles. The average Bonchev–Trinajstić information content (AvgIpc) is 2.42. The number of halogens is 1. The van der Waals surface area contributed by atoms with Gasteiger partial charge < -0.3 is 11.1 Å². The van der Waals surface area contributed by atoms with Gasteiger partial charge >= 0.3 is 0 Å². The number of hydrogen-bond acceptors (Lipinski definition) is 4. The molecule has 2 saturated carbocycles. The van der Waals surface area contributed by atoms with Crippen LogP contribution in [-0.4, -0.2) is 21.9 Å². The Morgan fingerprint density at radius 3 is 2.71 bits per heavy atom. The van der Waals surface area contributed by atoms with Gasteiger partial charge in [0.2, 0.25) is 0 Å². The average molecular weight is 311 g/mol. The maximum Gasteiger partial charge on any atom is 0.291 e. The van der Waals surface area contributed by atoms with Gasteiger partial charge in [-0.05, 0) is 31.6 Å². The fourth-order valence-electron chi connectivity index (χ4n) is 3.17. The van der Waals surface area contributed by atoms with Crippen molar-refractivity contribution < 1.29 is 0 Å². The minimum atomic E-state index is -0.118. The molecular formula is C15H23ClN4O. The highest BCUT2D eigenvalue weighted by Crippen LogP contribution is 2.28. The second kappa shape index (κ2) is 6.36. The molecule has 0 unspecified atom stereocenters. The molecule has 0 saturated heterocycles. The number of nitrogens with two attached hydrogens (primary N) is 1. The van der Waals surface area contributed by atoms with Crippen molar-refractivity contribution in [2.75, 3.05) is 5.32 Å². The predicted molar refractivity (Wildman–Crippen MR) is 84.7 cm³/mol. The summed E-state index contributed by atoms with van der Waals surface area (Å²) in [5.41, 5.74) is 6.49. The summed E-state index contributed by atoms with van der Waals surface area (Å²) in [5, 5.41) is 7.85. The lowest BCUT2D eigenvalue weighted by molar-refractivity contribution is 0.262. The van der Waals surface area contributed by atoms with Gasteiger partial charge in [0.05, 0.1) is 11.2 Å². The van der Waals surface area contributed by atoms with E-state index in [0.717, 1.165) is 25.7 Å². The van der Waals surface area contributed by atoms with Crippen LogP contribution in [0.5, 0.6) is 0 Å². The molecule has 2 aliphatic carbocycles. The maximum atomic E-state index is 12.6. The molecule has 0 radical (unpaired) electrons. The Labute approximate surface area is 129 Å². The Morgan fingerprint density at radius 1 is 1.29 bits per heavy atom. The van der Waals surface area contributed by atoms with Crippen molar-refractivity contribution in [2.45, 2.75) is 63.6 Å². The predicted octanol–water partition coefficient (Wildman–Crippen LogP) is 2.38. The van der Waals surface area contributed by atoms with Crippen molar-refractivity contribution in [2.24, 2.45) is 11.7 Å². The molecule has 0 amide bonds. The first-order chi connectivity index (χ1) is 10.1. The summed E-state index contributed by atoms with van der Waals surface area (Å²) >= 11 is 6.17. The largest absolute Gasteiger partial charge is 0.375 e. The van der Waals surface area contributed by atoms with Crippen LogP contribution in [0.15, 0.2) is 11.0 Å². The van der Waals surface area contributed by atoms with Crippen molar-refractivity contribution in [3.8, 4) is 0 Å². The van der Waals surface area contributed by atoms with E-state index in [4.69, 9.17) is 17.3 Å². The van der Waals surface area contributed by atoms with Crippen LogP contribution in [0.25, 0.3) is 0 Å². The van der Waals surface area contributed by atoms with Gasteiger partial charge in [0, 0.05) is 18.6 Å². The Bertz CT molecular complexity index is 555. The molecule has 6 heteroatoms. The first-order valence-electron chi connectivity index (χ1n) is 7.93. The van der Waals surface area contributed by atoms with Crippen LogP contribution < -0.4 is 16.6 Å². The van der Waals surface area contributed by atoms with Crippen molar-refractivity contribution in [3.63, 3.8) is 0 Å². The van der Waals surface area contributed by atoms with Crippen molar-refractivity contribution >= 4 is 17.3 Å². The Kier molecular flexibility index (Phi) is 4.50. The second-order valence-corrected chi connectivity index (χ2v) is 6.76. The Balaban J connectivity index is 1.79. The molecule has 1 heterocycles. The molecule has 2 aliphatic rings. The lowest BCUT2D eigenvalue weighted by atomic mass is 9.85. The molecule has 3 N–H and O–H groups in total. The van der Waals surface area contributed by atoms with E-state index in [9.17, 15) is 4.79 Å². The zero-order valence-corrected chi connectivity index (χ0v) is 13.0. The number of hydrogen-bond donors (Lipinski definition) is 2. The van der Waals surface area contributed by atoms with E-state index in [1.54, 1.807) is 10.9 Å². The molecule has 2 atom stereocenters. The highest BCUT2D eigenvalue weighted by atomic mass is 35.5. The van der Waals surface area contributed by atoms with Gasteiger partial charge in [-0.1, -0.05) is 30.9 Å². The van der Waals surface area contributed by atoms with E-state index >= 15 is 0 Å². The van der Waals surface area contributed by atoms with Crippen LogP contribution in [0.1, 0.15) is 44.9 Å². The van der Waals surface area contributed by atoms with Crippen LogP contribution in [-0.2, 0) is 6.54 Å². The molecular weight excluding hydrogens is 288 g/mol. The molecule has 116 valence electrons. The first-order valence-corrected chi connectivity index (χ1v) is 8.30. The normalized spacial score (nSPS) is 26.4. The third kappa shape index (κ3) is 3.24.